The number of phosphoric acid groups is 1. The second-order valence-electron chi connectivity index (χ2n) is 14.4. The van der Waals surface area contributed by atoms with E-state index in [0.717, 1.165) is 70.6 Å². The normalized spacial score (nSPS) is 14.4. The molecule has 0 bridgehead atoms. The van der Waals surface area contributed by atoms with Gasteiger partial charge < -0.3 is 25.2 Å². The number of ether oxygens (including phenoxy) is 2. The first-order chi connectivity index (χ1) is 28.1. The molecule has 0 rings (SSSR count). The molecular weight excluding hydrogens is 757 g/mol. The van der Waals surface area contributed by atoms with Crippen molar-refractivity contribution in [3.8, 4) is 0 Å². The monoisotopic (exact) mass is 836 g/mol. The summed E-state index contributed by atoms with van der Waals surface area (Å²) in [4.78, 5) is 46.0. The maximum Gasteiger partial charge on any atom is 0.472 e. The Hall–Kier alpha value is -3.08. The van der Waals surface area contributed by atoms with Crippen LogP contribution in [0.2, 0.25) is 0 Å². The lowest BCUT2D eigenvalue weighted by Crippen LogP contribution is -2.34. The van der Waals surface area contributed by atoms with Gasteiger partial charge in [0.1, 0.15) is 12.6 Å². The molecule has 4 N–H and O–H groups in total. The van der Waals surface area contributed by atoms with E-state index in [-0.39, 0.29) is 19.4 Å². The molecule has 332 valence electrons. The Kier molecular flexibility index (Phi) is 38.5. The molecule has 3 atom stereocenters. The molecule has 3 unspecified atom stereocenters. The smallest absolute Gasteiger partial charge is 0.472 e. The zero-order valence-electron chi connectivity index (χ0n) is 35.9. The summed E-state index contributed by atoms with van der Waals surface area (Å²) in [5, 5.41) is 8.89. The highest BCUT2D eigenvalue weighted by atomic mass is 31.2. The topological polar surface area (TPSA) is 172 Å². The van der Waals surface area contributed by atoms with Gasteiger partial charge in [0.15, 0.2) is 6.10 Å². The Bertz CT molecular complexity index is 1260. The molecule has 0 saturated carbocycles. The van der Waals surface area contributed by atoms with Crippen molar-refractivity contribution in [3.63, 3.8) is 0 Å². The number of carbonyl (C=O) groups excluding carboxylic acids is 2. The van der Waals surface area contributed by atoms with Crippen LogP contribution in [0.25, 0.3) is 0 Å². The molecule has 58 heavy (non-hydrogen) atoms. The molecular formula is C46H78NO10P. The van der Waals surface area contributed by atoms with Gasteiger partial charge in [-0.25, -0.2) is 4.57 Å². The number of nitrogens with two attached hydrogens (primary N) is 1. The predicted octanol–water partition coefficient (Wildman–Crippen LogP) is 11.7. The zero-order chi connectivity index (χ0) is 42.8. The maximum absolute atomic E-state index is 12.6. The van der Waals surface area contributed by atoms with E-state index in [4.69, 9.17) is 24.8 Å². The molecule has 0 aromatic rings. The van der Waals surface area contributed by atoms with E-state index in [1.807, 2.05) is 0 Å². The second-order valence-corrected chi connectivity index (χ2v) is 15.9. The first-order valence-electron chi connectivity index (χ1n) is 22.0. The average molecular weight is 836 g/mol. The summed E-state index contributed by atoms with van der Waals surface area (Å²) in [6, 6.07) is -1.53. The van der Waals surface area contributed by atoms with Crippen molar-refractivity contribution in [2.75, 3.05) is 19.8 Å². The van der Waals surface area contributed by atoms with Crippen LogP contribution in [0.15, 0.2) is 72.9 Å². The highest BCUT2D eigenvalue weighted by Gasteiger charge is 2.28. The molecule has 0 aliphatic rings. The summed E-state index contributed by atoms with van der Waals surface area (Å²) < 4.78 is 32.6. The molecule has 0 aliphatic heterocycles. The van der Waals surface area contributed by atoms with Crippen LogP contribution in [-0.4, -0.2) is 59.9 Å². The SMILES string of the molecule is CC/C=C\C/C=C\C/C=C\C/C=C\CCCCC(=O)OC(COC(=O)CCCCCCCCCCC/C=C\C/C=C\CCCCC)COP(=O)(O)OCC(N)C(=O)O. The van der Waals surface area contributed by atoms with Gasteiger partial charge in [0.05, 0.1) is 13.2 Å². The Morgan fingerprint density at radius 1 is 0.552 bits per heavy atom. The van der Waals surface area contributed by atoms with E-state index >= 15 is 0 Å². The van der Waals surface area contributed by atoms with Gasteiger partial charge in [-0.3, -0.25) is 23.4 Å². The van der Waals surface area contributed by atoms with Crippen LogP contribution in [0.4, 0.5) is 0 Å². The number of hydrogen-bond acceptors (Lipinski definition) is 9. The highest BCUT2D eigenvalue weighted by molar-refractivity contribution is 7.47. The number of unbranched alkanes of at least 4 members (excludes halogenated alkanes) is 14. The van der Waals surface area contributed by atoms with Gasteiger partial charge in [0.2, 0.25) is 0 Å². The van der Waals surface area contributed by atoms with E-state index in [0.29, 0.717) is 12.8 Å². The number of phosphoric ester groups is 1. The van der Waals surface area contributed by atoms with E-state index in [1.54, 1.807) is 0 Å². The van der Waals surface area contributed by atoms with Crippen molar-refractivity contribution in [2.24, 2.45) is 5.73 Å². The van der Waals surface area contributed by atoms with Crippen LogP contribution < -0.4 is 5.73 Å². The summed E-state index contributed by atoms with van der Waals surface area (Å²) in [5.74, 6) is -2.45. The molecule has 0 aliphatic carbocycles. The summed E-state index contributed by atoms with van der Waals surface area (Å²) in [6.07, 6.45) is 48.3. The first-order valence-corrected chi connectivity index (χ1v) is 23.5. The lowest BCUT2D eigenvalue weighted by Gasteiger charge is -2.20. The molecule has 0 aromatic carbocycles. The van der Waals surface area contributed by atoms with Crippen molar-refractivity contribution in [1.29, 1.82) is 0 Å². The molecule has 0 amide bonds. The Balaban J connectivity index is 4.41. The standard InChI is InChI=1S/C46H78NO10P/c1-3-5-7-9-11-13-15-17-19-20-21-22-24-25-27-29-31-33-35-37-44(48)54-39-42(40-55-58(52,53)56-41-43(47)46(50)51)57-45(49)38-36-34-32-30-28-26-23-18-16-14-12-10-8-6-4-2/h6,8,11-14,17-19,23,28,30,42-43H,3-5,7,9-10,15-16,20-22,24-27,29,31-41,47H2,1-2H3,(H,50,51)(H,52,53)/b8-6-,13-11-,14-12-,19-17-,23-18-,30-28-. The number of hydrogen-bond donors (Lipinski definition) is 3. The quantitative estimate of drug-likeness (QED) is 0.0232. The van der Waals surface area contributed by atoms with Crippen molar-refractivity contribution in [1.82, 2.24) is 0 Å². The van der Waals surface area contributed by atoms with Crippen molar-refractivity contribution < 1.29 is 47.5 Å². The number of esters is 2. The van der Waals surface area contributed by atoms with Crippen LogP contribution in [0.1, 0.15) is 168 Å². The van der Waals surface area contributed by atoms with Crippen LogP contribution in [0.3, 0.4) is 0 Å². The molecule has 0 heterocycles. The lowest BCUT2D eigenvalue weighted by atomic mass is 10.1. The summed E-state index contributed by atoms with van der Waals surface area (Å²) >= 11 is 0. The molecule has 0 spiro atoms. The van der Waals surface area contributed by atoms with Crippen molar-refractivity contribution >= 4 is 25.7 Å². The van der Waals surface area contributed by atoms with Gasteiger partial charge >= 0.3 is 25.7 Å². The zero-order valence-corrected chi connectivity index (χ0v) is 36.8. The van der Waals surface area contributed by atoms with Gasteiger partial charge in [0.25, 0.3) is 0 Å². The molecule has 11 nitrogen and oxygen atoms in total. The summed E-state index contributed by atoms with van der Waals surface area (Å²) in [6.45, 7) is 2.61. The first kappa shape index (κ1) is 54.9. The number of carbonyl (C=O) groups is 3. The second kappa shape index (κ2) is 40.7. The lowest BCUT2D eigenvalue weighted by molar-refractivity contribution is -0.161. The predicted molar refractivity (Wildman–Crippen MR) is 235 cm³/mol. The van der Waals surface area contributed by atoms with E-state index in [2.05, 4.69) is 91.3 Å². The van der Waals surface area contributed by atoms with Gasteiger partial charge in [-0.15, -0.1) is 0 Å². The van der Waals surface area contributed by atoms with Crippen molar-refractivity contribution in [3.05, 3.63) is 72.9 Å². The third-order valence-corrected chi connectivity index (χ3v) is 9.89. The minimum absolute atomic E-state index is 0.105. The van der Waals surface area contributed by atoms with Crippen LogP contribution in [0.5, 0.6) is 0 Å². The number of allylic oxidation sites excluding steroid dienone is 12. The number of carboxylic acid groups (broad SMARTS) is 1. The minimum atomic E-state index is -4.73. The highest BCUT2D eigenvalue weighted by Crippen LogP contribution is 2.43. The number of carboxylic acids is 1. The van der Waals surface area contributed by atoms with Crippen molar-refractivity contribution in [2.45, 2.75) is 180 Å². The maximum atomic E-state index is 12.6. The summed E-state index contributed by atoms with van der Waals surface area (Å²) in [7, 11) is -4.73. The van der Waals surface area contributed by atoms with Crippen LogP contribution >= 0.6 is 7.82 Å². The molecule has 0 aromatic heterocycles. The van der Waals surface area contributed by atoms with Gasteiger partial charge in [-0.05, 0) is 83.5 Å². The molecule has 0 radical (unpaired) electrons. The Morgan fingerprint density at radius 2 is 0.966 bits per heavy atom. The molecule has 0 fully saturated rings. The minimum Gasteiger partial charge on any atom is -0.480 e. The number of rotatable bonds is 40. The Morgan fingerprint density at radius 3 is 1.48 bits per heavy atom. The largest absolute Gasteiger partial charge is 0.480 e. The number of aliphatic carboxylic acids is 1. The Labute approximate surface area is 350 Å². The fourth-order valence-electron chi connectivity index (χ4n) is 5.50. The third kappa shape index (κ3) is 39.7. The fourth-order valence-corrected chi connectivity index (χ4v) is 6.27. The van der Waals surface area contributed by atoms with Crippen LogP contribution in [0, 0.1) is 0 Å². The molecule has 12 heteroatoms. The van der Waals surface area contributed by atoms with Gasteiger partial charge in [-0.2, -0.15) is 0 Å². The van der Waals surface area contributed by atoms with Crippen LogP contribution in [-0.2, 0) is 37.5 Å². The summed E-state index contributed by atoms with van der Waals surface area (Å²) in [5.41, 5.74) is 5.33. The molecule has 0 saturated heterocycles. The fraction of sp³-hybridized carbons (Fsp3) is 0.674. The van der Waals surface area contributed by atoms with E-state index < -0.39 is 51.1 Å². The van der Waals surface area contributed by atoms with Gasteiger partial charge in [-0.1, -0.05) is 145 Å². The van der Waals surface area contributed by atoms with E-state index in [9.17, 15) is 23.8 Å². The van der Waals surface area contributed by atoms with E-state index in [1.165, 1.54) is 57.8 Å². The van der Waals surface area contributed by atoms with Gasteiger partial charge in [0, 0.05) is 12.8 Å². The third-order valence-electron chi connectivity index (χ3n) is 8.94. The average Bonchev–Trinajstić information content (AvgIpc) is 3.20.